The Morgan fingerprint density at radius 2 is 1.39 bits per heavy atom. The molecule has 0 rings (SSSR count). The lowest BCUT2D eigenvalue weighted by Crippen LogP contribution is -2.23. The van der Waals surface area contributed by atoms with E-state index in [4.69, 9.17) is 4.74 Å². The minimum absolute atomic E-state index is 0.462. The van der Waals surface area contributed by atoms with Gasteiger partial charge in [0, 0.05) is 6.08 Å². The first-order valence-electron chi connectivity index (χ1n) is 6.05. The molecule has 0 fully saturated rings. The third-order valence-electron chi connectivity index (χ3n) is 1.72. The zero-order valence-corrected chi connectivity index (χ0v) is 11.8. The summed E-state index contributed by atoms with van der Waals surface area (Å²) in [5.74, 6) is -5.75. The molecule has 0 heterocycles. The lowest BCUT2D eigenvalue weighted by molar-refractivity contribution is -0.174. The Balaban J connectivity index is 0. The van der Waals surface area contributed by atoms with E-state index in [9.17, 15) is 40.7 Å². The zero-order chi connectivity index (χ0) is 18.4. The molecule has 0 aromatic heterocycles. The largest absolute Gasteiger partial charge is 0.501 e. The van der Waals surface area contributed by atoms with E-state index in [0.717, 1.165) is 25.2 Å². The van der Waals surface area contributed by atoms with E-state index in [1.807, 2.05) is 6.92 Å². The van der Waals surface area contributed by atoms with Crippen LogP contribution in [0.2, 0.25) is 0 Å². The van der Waals surface area contributed by atoms with Crippen LogP contribution in [-0.4, -0.2) is 43.6 Å². The van der Waals surface area contributed by atoms with Gasteiger partial charge in [-0.25, -0.2) is 18.4 Å². The third kappa shape index (κ3) is 14.6. The number of alkyl halides is 6. The number of rotatable bonds is 8. The summed E-state index contributed by atoms with van der Waals surface area (Å²) in [7, 11) is 0. The van der Waals surface area contributed by atoms with Gasteiger partial charge in [-0.1, -0.05) is 13.3 Å². The molecule has 0 saturated heterocycles. The summed E-state index contributed by atoms with van der Waals surface area (Å²) in [6.07, 6.45) is -6.49. The molecule has 11 heteroatoms. The molecular weight excluding hydrogens is 338 g/mol. The maximum atomic E-state index is 11.5. The van der Waals surface area contributed by atoms with Crippen LogP contribution in [0.5, 0.6) is 0 Å². The molecule has 0 radical (unpaired) electrons. The van der Waals surface area contributed by atoms with Crippen LogP contribution in [0.25, 0.3) is 0 Å². The monoisotopic (exact) mass is 352 g/mol. The third-order valence-corrected chi connectivity index (χ3v) is 1.72. The number of esters is 2. The van der Waals surface area contributed by atoms with E-state index in [1.54, 1.807) is 0 Å². The standard InChI is InChI=1S/C8H12F2O2.C4H2F4O3/c1-2-3-5-12-6-4-7(11)8(9)10;5-1(6)3(9)11-4(10)2(7)8/h4,6,8H,2-3,5H2,1H3;1-2H. The van der Waals surface area contributed by atoms with Gasteiger partial charge in [-0.05, 0) is 6.42 Å². The van der Waals surface area contributed by atoms with Crippen LogP contribution < -0.4 is 0 Å². The van der Waals surface area contributed by atoms with E-state index in [1.165, 1.54) is 0 Å². The van der Waals surface area contributed by atoms with Crippen molar-refractivity contribution in [3.05, 3.63) is 12.3 Å². The van der Waals surface area contributed by atoms with E-state index >= 15 is 0 Å². The number of halogens is 6. The lowest BCUT2D eigenvalue weighted by atomic mass is 10.4. The molecule has 0 spiro atoms. The van der Waals surface area contributed by atoms with Crippen molar-refractivity contribution < 1.29 is 50.2 Å². The fraction of sp³-hybridized carbons (Fsp3) is 0.583. The average Bonchev–Trinajstić information content (AvgIpc) is 2.46. The summed E-state index contributed by atoms with van der Waals surface area (Å²) in [6.45, 7) is 2.45. The Bertz CT molecular complexity index is 379. The molecular formula is C12H14F6O5. The highest BCUT2D eigenvalue weighted by Crippen LogP contribution is 2.00. The molecule has 0 aromatic rings. The predicted octanol–water partition coefficient (Wildman–Crippen LogP) is 2.74. The molecule has 0 aromatic carbocycles. The molecule has 5 nitrogen and oxygen atoms in total. The first-order chi connectivity index (χ1) is 10.6. The van der Waals surface area contributed by atoms with Gasteiger partial charge >= 0.3 is 24.8 Å². The van der Waals surface area contributed by atoms with Crippen LogP contribution in [0.4, 0.5) is 26.3 Å². The summed E-state index contributed by atoms with van der Waals surface area (Å²) >= 11 is 0. The molecule has 0 amide bonds. The number of ether oxygens (including phenoxy) is 2. The van der Waals surface area contributed by atoms with Crippen LogP contribution in [0, 0.1) is 0 Å². The summed E-state index contributed by atoms with van der Waals surface area (Å²) in [6, 6.07) is 0. The quantitative estimate of drug-likeness (QED) is 0.168. The maximum Gasteiger partial charge on any atom is 0.381 e. The van der Waals surface area contributed by atoms with Crippen LogP contribution in [0.15, 0.2) is 12.3 Å². The summed E-state index contributed by atoms with van der Waals surface area (Å²) < 4.78 is 75.6. The SMILES string of the molecule is CCCCOC=CC(=O)C(F)F.O=C(OC(=O)C(F)F)C(F)F. The highest BCUT2D eigenvalue weighted by atomic mass is 19.3. The first kappa shape index (κ1) is 23.2. The van der Waals surface area contributed by atoms with Gasteiger partial charge in [0.05, 0.1) is 12.9 Å². The van der Waals surface area contributed by atoms with Crippen LogP contribution in [-0.2, 0) is 23.9 Å². The van der Waals surface area contributed by atoms with Gasteiger partial charge in [-0.15, -0.1) is 0 Å². The Labute approximate surface area is 127 Å². The summed E-state index contributed by atoms with van der Waals surface area (Å²) in [5, 5.41) is 0. The minimum Gasteiger partial charge on any atom is -0.501 e. The van der Waals surface area contributed by atoms with E-state index < -0.39 is 37.0 Å². The minimum atomic E-state index is -3.57. The molecule has 0 bridgehead atoms. The van der Waals surface area contributed by atoms with Crippen molar-refractivity contribution in [1.29, 1.82) is 0 Å². The zero-order valence-electron chi connectivity index (χ0n) is 11.8. The number of carbonyl (C=O) groups excluding carboxylic acids is 3. The second-order valence-electron chi connectivity index (χ2n) is 3.57. The van der Waals surface area contributed by atoms with Crippen LogP contribution in [0.1, 0.15) is 19.8 Å². The van der Waals surface area contributed by atoms with Gasteiger partial charge < -0.3 is 9.47 Å². The highest BCUT2D eigenvalue weighted by Gasteiger charge is 2.26. The van der Waals surface area contributed by atoms with Gasteiger partial charge in [0.15, 0.2) is 0 Å². The second-order valence-corrected chi connectivity index (χ2v) is 3.57. The second kappa shape index (κ2) is 13.6. The first-order valence-corrected chi connectivity index (χ1v) is 6.05. The number of ketones is 1. The molecule has 134 valence electrons. The number of carbonyl (C=O) groups is 3. The fourth-order valence-corrected chi connectivity index (χ4v) is 0.672. The number of hydrogen-bond donors (Lipinski definition) is 0. The van der Waals surface area contributed by atoms with E-state index in [-0.39, 0.29) is 0 Å². The van der Waals surface area contributed by atoms with Crippen molar-refractivity contribution in [2.75, 3.05) is 6.61 Å². The van der Waals surface area contributed by atoms with Crippen molar-refractivity contribution >= 4 is 17.7 Å². The Morgan fingerprint density at radius 3 is 1.74 bits per heavy atom. The van der Waals surface area contributed by atoms with Crippen molar-refractivity contribution in [1.82, 2.24) is 0 Å². The molecule has 0 N–H and O–H groups in total. The van der Waals surface area contributed by atoms with Gasteiger partial charge in [-0.2, -0.15) is 17.6 Å². The summed E-state index contributed by atoms with van der Waals surface area (Å²) in [4.78, 5) is 29.7. The highest BCUT2D eigenvalue weighted by molar-refractivity contribution is 5.92. The predicted molar refractivity (Wildman–Crippen MR) is 64.1 cm³/mol. The molecule has 0 aliphatic rings. The van der Waals surface area contributed by atoms with Crippen molar-refractivity contribution in [3.63, 3.8) is 0 Å². The Kier molecular flexibility index (Phi) is 13.7. The number of hydrogen-bond acceptors (Lipinski definition) is 5. The molecule has 0 atom stereocenters. The van der Waals surface area contributed by atoms with E-state index in [0.29, 0.717) is 6.61 Å². The van der Waals surface area contributed by atoms with Crippen molar-refractivity contribution in [3.8, 4) is 0 Å². The Morgan fingerprint density at radius 1 is 0.913 bits per heavy atom. The normalized spacial score (nSPS) is 10.7. The topological polar surface area (TPSA) is 69.7 Å². The van der Waals surface area contributed by atoms with E-state index in [2.05, 4.69) is 4.74 Å². The number of unbranched alkanes of at least 4 members (excludes halogenated alkanes) is 1. The average molecular weight is 352 g/mol. The summed E-state index contributed by atoms with van der Waals surface area (Å²) in [5.41, 5.74) is 0. The van der Waals surface area contributed by atoms with Gasteiger partial charge in [0.25, 0.3) is 6.43 Å². The number of allylic oxidation sites excluding steroid dienone is 1. The van der Waals surface area contributed by atoms with Crippen molar-refractivity contribution in [2.24, 2.45) is 0 Å². The molecule has 0 aliphatic carbocycles. The van der Waals surface area contributed by atoms with Crippen LogP contribution >= 0.6 is 0 Å². The van der Waals surface area contributed by atoms with Crippen molar-refractivity contribution in [2.45, 2.75) is 39.0 Å². The molecule has 0 saturated carbocycles. The fourth-order valence-electron chi connectivity index (χ4n) is 0.672. The maximum absolute atomic E-state index is 11.5. The van der Waals surface area contributed by atoms with Gasteiger partial charge in [-0.3, -0.25) is 4.79 Å². The van der Waals surface area contributed by atoms with Crippen LogP contribution in [0.3, 0.4) is 0 Å². The van der Waals surface area contributed by atoms with Gasteiger partial charge in [0.2, 0.25) is 5.78 Å². The lowest BCUT2D eigenvalue weighted by Gasteiger charge is -1.99. The molecule has 0 unspecified atom stereocenters. The molecule has 23 heavy (non-hydrogen) atoms. The Hall–Kier alpha value is -2.07. The molecule has 0 aliphatic heterocycles. The smallest absolute Gasteiger partial charge is 0.381 e. The van der Waals surface area contributed by atoms with Gasteiger partial charge in [0.1, 0.15) is 0 Å².